The van der Waals surface area contributed by atoms with E-state index in [0.717, 1.165) is 19.3 Å². The first-order valence-corrected chi connectivity index (χ1v) is 8.01. The van der Waals surface area contributed by atoms with Crippen LogP contribution in [0.3, 0.4) is 0 Å². The molecular formula is C9H15NO2S3. The molecule has 0 unspecified atom stereocenters. The molecule has 0 radical (unpaired) electrons. The van der Waals surface area contributed by atoms with Crippen LogP contribution >= 0.6 is 23.6 Å². The quantitative estimate of drug-likeness (QED) is 0.635. The Balaban J connectivity index is 2.53. The number of aromatic amines is 1. The molecule has 1 N–H and O–H groups in total. The molecule has 0 aliphatic heterocycles. The van der Waals surface area contributed by atoms with Crippen LogP contribution < -0.4 is 0 Å². The lowest BCUT2D eigenvalue weighted by Crippen LogP contribution is -2.09. The SMILES string of the molecule is CCCCCS(=O)(=O)Cc1csc(=S)[nH]1. The first-order valence-electron chi connectivity index (χ1n) is 4.90. The first kappa shape index (κ1) is 12.9. The molecule has 1 heterocycles. The fourth-order valence-corrected chi connectivity index (χ4v) is 3.65. The van der Waals surface area contributed by atoms with Gasteiger partial charge in [0.2, 0.25) is 0 Å². The molecule has 1 aromatic rings. The van der Waals surface area contributed by atoms with Gasteiger partial charge >= 0.3 is 0 Å². The van der Waals surface area contributed by atoms with Crippen LogP contribution in [0.5, 0.6) is 0 Å². The molecule has 0 aliphatic rings. The zero-order valence-electron chi connectivity index (χ0n) is 8.65. The van der Waals surface area contributed by atoms with Gasteiger partial charge in [0.25, 0.3) is 0 Å². The zero-order chi connectivity index (χ0) is 11.3. The van der Waals surface area contributed by atoms with Gasteiger partial charge in [-0.05, 0) is 18.6 Å². The number of aromatic nitrogens is 1. The Morgan fingerprint density at radius 3 is 2.73 bits per heavy atom. The van der Waals surface area contributed by atoms with Crippen LogP contribution in [-0.2, 0) is 15.6 Å². The highest BCUT2D eigenvalue weighted by molar-refractivity contribution is 7.90. The average molecular weight is 265 g/mol. The van der Waals surface area contributed by atoms with Gasteiger partial charge < -0.3 is 4.98 Å². The second-order valence-corrected chi connectivity index (χ2v) is 7.20. The molecule has 0 aliphatic carbocycles. The Morgan fingerprint density at radius 1 is 1.47 bits per heavy atom. The average Bonchev–Trinajstić information content (AvgIpc) is 2.50. The van der Waals surface area contributed by atoms with Gasteiger partial charge in [0, 0.05) is 11.1 Å². The Morgan fingerprint density at radius 2 is 2.20 bits per heavy atom. The Hall–Kier alpha value is -0.200. The number of hydrogen-bond acceptors (Lipinski definition) is 4. The number of unbranched alkanes of at least 4 members (excludes halogenated alkanes) is 2. The van der Waals surface area contributed by atoms with Crippen LogP contribution in [-0.4, -0.2) is 19.2 Å². The van der Waals surface area contributed by atoms with Gasteiger partial charge in [0.15, 0.2) is 13.8 Å². The minimum Gasteiger partial charge on any atom is -0.340 e. The van der Waals surface area contributed by atoms with E-state index >= 15 is 0 Å². The summed E-state index contributed by atoms with van der Waals surface area (Å²) in [4.78, 5) is 2.88. The van der Waals surface area contributed by atoms with E-state index in [1.807, 2.05) is 0 Å². The number of sulfone groups is 1. The number of H-pyrrole nitrogens is 1. The van der Waals surface area contributed by atoms with Gasteiger partial charge in [-0.1, -0.05) is 19.8 Å². The maximum Gasteiger partial charge on any atom is 0.158 e. The summed E-state index contributed by atoms with van der Waals surface area (Å²) in [6, 6.07) is 0. The van der Waals surface area contributed by atoms with Crippen LogP contribution in [0, 0.1) is 3.95 Å². The lowest BCUT2D eigenvalue weighted by molar-refractivity contribution is 0.589. The molecule has 1 aromatic heterocycles. The van der Waals surface area contributed by atoms with Crippen molar-refractivity contribution in [2.45, 2.75) is 31.9 Å². The van der Waals surface area contributed by atoms with Crippen molar-refractivity contribution >= 4 is 33.4 Å². The van der Waals surface area contributed by atoms with E-state index in [-0.39, 0.29) is 11.5 Å². The molecule has 0 atom stereocenters. The van der Waals surface area contributed by atoms with Gasteiger partial charge in [-0.25, -0.2) is 8.42 Å². The molecule has 1 rings (SSSR count). The molecule has 0 aromatic carbocycles. The van der Waals surface area contributed by atoms with Crippen LogP contribution in [0.2, 0.25) is 0 Å². The third-order valence-corrected chi connectivity index (χ3v) is 4.78. The topological polar surface area (TPSA) is 49.9 Å². The number of thiazole rings is 1. The lowest BCUT2D eigenvalue weighted by atomic mass is 10.3. The smallest absolute Gasteiger partial charge is 0.158 e. The van der Waals surface area contributed by atoms with Gasteiger partial charge in [0.1, 0.15) is 0 Å². The summed E-state index contributed by atoms with van der Waals surface area (Å²) in [6.07, 6.45) is 2.76. The summed E-state index contributed by atoms with van der Waals surface area (Å²) in [6.45, 7) is 2.06. The normalized spacial score (nSPS) is 11.8. The third kappa shape index (κ3) is 4.90. The maximum absolute atomic E-state index is 11.6. The molecule has 15 heavy (non-hydrogen) atoms. The van der Waals surface area contributed by atoms with Gasteiger partial charge in [-0.15, -0.1) is 11.3 Å². The van der Waals surface area contributed by atoms with Crippen molar-refractivity contribution in [3.63, 3.8) is 0 Å². The van der Waals surface area contributed by atoms with Crippen molar-refractivity contribution in [3.8, 4) is 0 Å². The van der Waals surface area contributed by atoms with Crippen LogP contribution in [0.4, 0.5) is 0 Å². The molecule has 0 fully saturated rings. The van der Waals surface area contributed by atoms with Crippen molar-refractivity contribution < 1.29 is 8.42 Å². The predicted molar refractivity (Wildman–Crippen MR) is 66.5 cm³/mol. The van der Waals surface area contributed by atoms with Gasteiger partial charge in [-0.3, -0.25) is 0 Å². The molecule has 0 saturated carbocycles. The fourth-order valence-electron chi connectivity index (χ4n) is 1.27. The van der Waals surface area contributed by atoms with E-state index in [1.165, 1.54) is 11.3 Å². The highest BCUT2D eigenvalue weighted by atomic mass is 32.2. The molecule has 0 saturated heterocycles. The summed E-state index contributed by atoms with van der Waals surface area (Å²) in [5, 5.41) is 1.78. The fraction of sp³-hybridized carbons (Fsp3) is 0.667. The zero-order valence-corrected chi connectivity index (χ0v) is 11.1. The Labute approximate surface area is 99.5 Å². The van der Waals surface area contributed by atoms with Crippen LogP contribution in [0.1, 0.15) is 31.9 Å². The number of hydrogen-bond donors (Lipinski definition) is 1. The minimum absolute atomic E-state index is 0.0872. The van der Waals surface area contributed by atoms with Crippen LogP contribution in [0.15, 0.2) is 5.38 Å². The molecule has 3 nitrogen and oxygen atoms in total. The first-order chi connectivity index (χ1) is 7.03. The number of nitrogens with one attached hydrogen (secondary N) is 1. The van der Waals surface area contributed by atoms with E-state index in [1.54, 1.807) is 5.38 Å². The highest BCUT2D eigenvalue weighted by Crippen LogP contribution is 2.10. The van der Waals surface area contributed by atoms with E-state index in [2.05, 4.69) is 11.9 Å². The maximum atomic E-state index is 11.6. The van der Waals surface area contributed by atoms with Crippen molar-refractivity contribution in [2.24, 2.45) is 0 Å². The summed E-state index contributed by atoms with van der Waals surface area (Å²) >= 11 is 6.26. The molecule has 0 spiro atoms. The molecule has 86 valence electrons. The minimum atomic E-state index is -2.96. The number of rotatable bonds is 6. The second-order valence-electron chi connectivity index (χ2n) is 3.47. The molecular weight excluding hydrogens is 250 g/mol. The largest absolute Gasteiger partial charge is 0.340 e. The summed E-state index contributed by atoms with van der Waals surface area (Å²) in [5.74, 6) is 0.362. The van der Waals surface area contributed by atoms with Crippen molar-refractivity contribution in [3.05, 3.63) is 15.0 Å². The van der Waals surface area contributed by atoms with Gasteiger partial charge in [-0.2, -0.15) is 0 Å². The standard InChI is InChI=1S/C9H15NO2S3/c1-2-3-4-5-15(11,12)7-8-6-14-9(13)10-8/h6H,2-5,7H2,1H3,(H,10,13). The van der Waals surface area contributed by atoms with E-state index in [9.17, 15) is 8.42 Å². The third-order valence-electron chi connectivity index (χ3n) is 2.01. The summed E-state index contributed by atoms with van der Waals surface area (Å²) in [7, 11) is -2.96. The molecule has 6 heteroatoms. The second kappa shape index (κ2) is 5.77. The summed E-state index contributed by atoms with van der Waals surface area (Å²) in [5.41, 5.74) is 0.710. The van der Waals surface area contributed by atoms with E-state index in [0.29, 0.717) is 9.65 Å². The predicted octanol–water partition coefficient (Wildman–Crippen LogP) is 2.91. The monoisotopic (exact) mass is 265 g/mol. The Bertz CT molecular complexity index is 444. The molecule has 0 bridgehead atoms. The van der Waals surface area contributed by atoms with E-state index in [4.69, 9.17) is 12.2 Å². The Kier molecular flexibility index (Phi) is 4.95. The van der Waals surface area contributed by atoms with Crippen molar-refractivity contribution in [1.29, 1.82) is 0 Å². The summed E-state index contributed by atoms with van der Waals surface area (Å²) < 4.78 is 23.9. The lowest BCUT2D eigenvalue weighted by Gasteiger charge is -2.01. The highest BCUT2D eigenvalue weighted by Gasteiger charge is 2.12. The van der Waals surface area contributed by atoms with Crippen LogP contribution in [0.25, 0.3) is 0 Å². The van der Waals surface area contributed by atoms with Crippen molar-refractivity contribution in [2.75, 3.05) is 5.75 Å². The molecule has 0 amide bonds. The van der Waals surface area contributed by atoms with Gasteiger partial charge in [0.05, 0.1) is 11.5 Å². The van der Waals surface area contributed by atoms with E-state index < -0.39 is 9.84 Å². The van der Waals surface area contributed by atoms with Crippen molar-refractivity contribution in [1.82, 2.24) is 4.98 Å².